The van der Waals surface area contributed by atoms with Gasteiger partial charge in [0.2, 0.25) is 10.0 Å². The fourth-order valence-corrected chi connectivity index (χ4v) is 4.10. The summed E-state index contributed by atoms with van der Waals surface area (Å²) in [5, 5.41) is 3.87. The number of nitrogens with zero attached hydrogens (tertiary/aromatic N) is 4. The first-order valence-electron chi connectivity index (χ1n) is 7.83. The highest BCUT2D eigenvalue weighted by atomic mass is 32.2. The molecule has 25 heavy (non-hydrogen) atoms. The van der Waals surface area contributed by atoms with Crippen LogP contribution < -0.4 is 4.90 Å². The van der Waals surface area contributed by atoms with E-state index in [0.717, 1.165) is 22.5 Å². The Balaban J connectivity index is 1.75. The minimum Gasteiger partial charge on any atom is -0.322 e. The molecule has 0 atom stereocenters. The number of piperazine rings is 1. The van der Waals surface area contributed by atoms with Gasteiger partial charge in [-0.2, -0.15) is 9.29 Å². The Morgan fingerprint density at radius 3 is 2.24 bits per heavy atom. The molecule has 0 amide bonds. The molecule has 0 radical (unpaired) electrons. The summed E-state index contributed by atoms with van der Waals surface area (Å²) >= 11 is 0. The molecule has 0 N–H and O–H groups in total. The van der Waals surface area contributed by atoms with Crippen molar-refractivity contribution in [3.8, 4) is 0 Å². The van der Waals surface area contributed by atoms with Crippen molar-refractivity contribution in [1.29, 1.82) is 0 Å². The number of benzene rings is 1. The molecular weight excluding hydrogens is 354 g/mol. The number of anilines is 1. The Bertz CT molecular complexity index is 841. The zero-order valence-electron chi connectivity index (χ0n) is 13.8. The molecule has 2 aromatic rings. The van der Waals surface area contributed by atoms with E-state index in [2.05, 4.69) is 10.1 Å². The highest BCUT2D eigenvalue weighted by molar-refractivity contribution is 7.89. The first kappa shape index (κ1) is 17.7. The summed E-state index contributed by atoms with van der Waals surface area (Å²) in [4.78, 5) is 5.11. The molecular formula is C15H18F2N4O3S. The molecule has 0 aliphatic carbocycles. The van der Waals surface area contributed by atoms with Gasteiger partial charge < -0.3 is 9.42 Å². The van der Waals surface area contributed by atoms with Gasteiger partial charge in [-0.1, -0.05) is 25.1 Å². The normalized spacial score (nSPS) is 16.6. The lowest BCUT2D eigenvalue weighted by Gasteiger charge is -2.32. The lowest BCUT2D eigenvalue weighted by atomic mass is 10.2. The number of hydrogen-bond donors (Lipinski definition) is 0. The van der Waals surface area contributed by atoms with Gasteiger partial charge in [-0.05, 0) is 12.1 Å². The second-order valence-corrected chi connectivity index (χ2v) is 7.91. The highest BCUT2D eigenvalue weighted by Crippen LogP contribution is 2.25. The number of sulfonamides is 1. The third-order valence-corrected chi connectivity index (χ3v) is 5.92. The molecule has 10 heteroatoms. The van der Waals surface area contributed by atoms with Crippen molar-refractivity contribution >= 4 is 16.0 Å². The quantitative estimate of drug-likeness (QED) is 0.817. The van der Waals surface area contributed by atoms with Crippen LogP contribution in [0.4, 0.5) is 14.8 Å². The molecule has 0 saturated carbocycles. The zero-order chi connectivity index (χ0) is 18.2. The van der Waals surface area contributed by atoms with E-state index >= 15 is 0 Å². The van der Waals surface area contributed by atoms with E-state index in [1.165, 1.54) is 0 Å². The van der Waals surface area contributed by atoms with E-state index in [0.29, 0.717) is 11.8 Å². The van der Waals surface area contributed by atoms with E-state index in [1.807, 2.05) is 13.8 Å². The summed E-state index contributed by atoms with van der Waals surface area (Å²) in [5.74, 6) is -1.51. The molecule has 7 nitrogen and oxygen atoms in total. The number of aromatic nitrogens is 2. The molecule has 1 aliphatic heterocycles. The maximum absolute atomic E-state index is 13.8. The van der Waals surface area contributed by atoms with Gasteiger partial charge >= 0.3 is 6.01 Å². The predicted octanol–water partition coefficient (Wildman–Crippen LogP) is 1.98. The fraction of sp³-hybridized carbons (Fsp3) is 0.467. The molecule has 0 bridgehead atoms. The van der Waals surface area contributed by atoms with Gasteiger partial charge in [-0.25, -0.2) is 17.2 Å². The third-order valence-electron chi connectivity index (χ3n) is 3.97. The zero-order valence-corrected chi connectivity index (χ0v) is 14.6. The lowest BCUT2D eigenvalue weighted by molar-refractivity contribution is 0.350. The summed E-state index contributed by atoms with van der Waals surface area (Å²) in [6.07, 6.45) is 0. The molecule has 3 rings (SSSR count). The van der Waals surface area contributed by atoms with E-state index in [4.69, 9.17) is 4.52 Å². The molecule has 1 aromatic carbocycles. The molecule has 0 unspecified atom stereocenters. The smallest absolute Gasteiger partial charge is 0.322 e. The minimum absolute atomic E-state index is 0.0650. The van der Waals surface area contributed by atoms with Crippen LogP contribution in [0.2, 0.25) is 0 Å². The topological polar surface area (TPSA) is 79.5 Å². The van der Waals surface area contributed by atoms with Gasteiger partial charge in [0.1, 0.15) is 11.6 Å². The highest BCUT2D eigenvalue weighted by Gasteiger charge is 2.34. The van der Waals surface area contributed by atoms with Crippen LogP contribution in [-0.2, 0) is 10.0 Å². The maximum Gasteiger partial charge on any atom is 0.324 e. The van der Waals surface area contributed by atoms with Crippen LogP contribution >= 0.6 is 0 Å². The maximum atomic E-state index is 13.8. The fourth-order valence-electron chi connectivity index (χ4n) is 2.57. The Hall–Kier alpha value is -2.07. The van der Waals surface area contributed by atoms with Crippen molar-refractivity contribution < 1.29 is 21.7 Å². The molecule has 0 spiro atoms. The SMILES string of the molecule is CC(C)c1noc(N2CCN(S(=O)(=O)c3c(F)cccc3F)CC2)n1. The van der Waals surface area contributed by atoms with Gasteiger partial charge in [0.25, 0.3) is 0 Å². The van der Waals surface area contributed by atoms with Gasteiger partial charge in [-0.3, -0.25) is 0 Å². The summed E-state index contributed by atoms with van der Waals surface area (Å²) in [6.45, 7) is 4.57. The molecule has 1 fully saturated rings. The first-order chi connectivity index (χ1) is 11.8. The molecule has 136 valence electrons. The lowest BCUT2D eigenvalue weighted by Crippen LogP contribution is -2.49. The standard InChI is InChI=1S/C15H18F2N4O3S/c1-10(2)14-18-15(24-19-14)20-6-8-21(9-7-20)25(22,23)13-11(16)4-3-5-12(13)17/h3-5,10H,6-9H2,1-2H3. The number of hydrogen-bond acceptors (Lipinski definition) is 6. The average Bonchev–Trinajstić information content (AvgIpc) is 3.05. The summed E-state index contributed by atoms with van der Waals surface area (Å²) in [6, 6.07) is 3.30. The van der Waals surface area contributed by atoms with Crippen LogP contribution in [0.25, 0.3) is 0 Å². The van der Waals surface area contributed by atoms with E-state index in [-0.39, 0.29) is 32.1 Å². The van der Waals surface area contributed by atoms with Crippen molar-refractivity contribution in [1.82, 2.24) is 14.4 Å². The second kappa shape index (κ2) is 6.68. The summed E-state index contributed by atoms with van der Waals surface area (Å²) in [7, 11) is -4.25. The molecule has 1 aliphatic rings. The monoisotopic (exact) mass is 372 g/mol. The van der Waals surface area contributed by atoms with Gasteiger partial charge in [-0.15, -0.1) is 0 Å². The van der Waals surface area contributed by atoms with Gasteiger partial charge in [0.15, 0.2) is 10.7 Å². The van der Waals surface area contributed by atoms with Crippen molar-refractivity contribution in [2.45, 2.75) is 24.7 Å². The Morgan fingerprint density at radius 1 is 1.12 bits per heavy atom. The Morgan fingerprint density at radius 2 is 1.72 bits per heavy atom. The van der Waals surface area contributed by atoms with E-state index < -0.39 is 26.6 Å². The van der Waals surface area contributed by atoms with Crippen LogP contribution in [0.15, 0.2) is 27.6 Å². The third kappa shape index (κ3) is 3.36. The summed E-state index contributed by atoms with van der Waals surface area (Å²) < 4.78 is 59.0. The van der Waals surface area contributed by atoms with Gasteiger partial charge in [0.05, 0.1) is 0 Å². The van der Waals surface area contributed by atoms with Crippen LogP contribution in [0.3, 0.4) is 0 Å². The largest absolute Gasteiger partial charge is 0.324 e. The summed E-state index contributed by atoms with van der Waals surface area (Å²) in [5.41, 5.74) is 0. The minimum atomic E-state index is -4.25. The van der Waals surface area contributed by atoms with Crippen molar-refractivity contribution in [2.75, 3.05) is 31.1 Å². The Kier molecular flexibility index (Phi) is 4.74. The van der Waals surface area contributed by atoms with Crippen molar-refractivity contribution in [2.24, 2.45) is 0 Å². The van der Waals surface area contributed by atoms with Crippen LogP contribution in [-0.4, -0.2) is 49.0 Å². The first-order valence-corrected chi connectivity index (χ1v) is 9.27. The predicted molar refractivity (Wildman–Crippen MR) is 85.7 cm³/mol. The van der Waals surface area contributed by atoms with E-state index in [1.54, 1.807) is 4.90 Å². The number of rotatable bonds is 4. The molecule has 1 aromatic heterocycles. The van der Waals surface area contributed by atoms with Crippen LogP contribution in [0, 0.1) is 11.6 Å². The average molecular weight is 372 g/mol. The molecule has 1 saturated heterocycles. The van der Waals surface area contributed by atoms with Crippen LogP contribution in [0.5, 0.6) is 0 Å². The van der Waals surface area contributed by atoms with Crippen molar-refractivity contribution in [3.05, 3.63) is 35.7 Å². The number of halogens is 2. The van der Waals surface area contributed by atoms with Gasteiger partial charge in [0, 0.05) is 32.1 Å². The van der Waals surface area contributed by atoms with Crippen molar-refractivity contribution in [3.63, 3.8) is 0 Å². The second-order valence-electron chi connectivity index (χ2n) is 6.03. The van der Waals surface area contributed by atoms with E-state index in [9.17, 15) is 17.2 Å². The van der Waals surface area contributed by atoms with Crippen LogP contribution in [0.1, 0.15) is 25.6 Å². The Labute approximate surface area is 144 Å². The molecule has 2 heterocycles.